The Morgan fingerprint density at radius 3 is 2.59 bits per heavy atom. The van der Waals surface area contributed by atoms with Crippen LogP contribution in [0.4, 0.5) is 0 Å². The van der Waals surface area contributed by atoms with Gasteiger partial charge in [-0.15, -0.1) is 0 Å². The fourth-order valence-electron chi connectivity index (χ4n) is 2.69. The molecule has 2 N–H and O–H groups in total. The molecule has 1 amide bonds. The molecule has 3 aromatic rings. The van der Waals surface area contributed by atoms with Crippen LogP contribution in [-0.4, -0.2) is 12.5 Å². The largest absolute Gasteiger partial charge is 0.484 e. The van der Waals surface area contributed by atoms with Gasteiger partial charge in [-0.05, 0) is 55.8 Å². The van der Waals surface area contributed by atoms with Gasteiger partial charge in [0, 0.05) is 21.5 Å². The average molecular weight is 456 g/mol. The number of halogens is 1. The van der Waals surface area contributed by atoms with Gasteiger partial charge in [-0.1, -0.05) is 33.6 Å². The summed E-state index contributed by atoms with van der Waals surface area (Å²) in [5, 5.41) is 0.845. The summed E-state index contributed by atoms with van der Waals surface area (Å²) in [6, 6.07) is 11.6. The van der Waals surface area contributed by atoms with Crippen LogP contribution < -0.4 is 15.2 Å². The quantitative estimate of drug-likeness (QED) is 0.353. The fourth-order valence-corrected chi connectivity index (χ4v) is 2.95. The van der Waals surface area contributed by atoms with E-state index in [1.807, 2.05) is 56.3 Å². The molecule has 3 rings (SSSR count). The summed E-state index contributed by atoms with van der Waals surface area (Å²) >= 11 is 3.43. The van der Waals surface area contributed by atoms with E-state index in [4.69, 9.17) is 19.6 Å². The zero-order chi connectivity index (χ0) is 20.8. The molecule has 0 saturated heterocycles. The maximum Gasteiger partial charge on any atom is 0.241 e. The first kappa shape index (κ1) is 20.7. The van der Waals surface area contributed by atoms with Crippen molar-refractivity contribution in [3.63, 3.8) is 0 Å². The molecule has 1 aromatic heterocycles. The van der Waals surface area contributed by atoms with Crippen molar-refractivity contribution in [2.24, 2.45) is 5.73 Å². The molecule has 150 valence electrons. The zero-order valence-electron chi connectivity index (χ0n) is 16.3. The highest BCUT2D eigenvalue weighted by Crippen LogP contribution is 2.41. The van der Waals surface area contributed by atoms with E-state index in [1.54, 1.807) is 12.3 Å². The van der Waals surface area contributed by atoms with Crippen LogP contribution in [0, 0.1) is 0 Å². The molecule has 0 aliphatic rings. The molecule has 6 heteroatoms. The van der Waals surface area contributed by atoms with Gasteiger partial charge in [0.2, 0.25) is 11.7 Å². The second-order valence-corrected chi connectivity index (χ2v) is 7.62. The molecule has 0 unspecified atom stereocenters. The highest BCUT2D eigenvalue weighted by atomic mass is 79.9. The van der Waals surface area contributed by atoms with Gasteiger partial charge in [-0.25, -0.2) is 0 Å². The van der Waals surface area contributed by atoms with Gasteiger partial charge in [-0.3, -0.25) is 4.79 Å². The summed E-state index contributed by atoms with van der Waals surface area (Å²) in [4.78, 5) is 11.3. The molecule has 0 aliphatic carbocycles. The minimum atomic E-state index is -0.539. The summed E-state index contributed by atoms with van der Waals surface area (Å²) in [6.07, 6.45) is 6.49. The number of fused-ring (bicyclic) bond motifs is 1. The standard InChI is InChI=1S/C23H22BrNO4/c1-15(2)9-11-28-23-21-18(10-12-27-21)13-17(5-8-20(25)26)22(23)29-14-16-3-6-19(24)7-4-16/h3-10,12-13H,11,14H2,1-2H3,(H2,25,26)/b8-5+. The Morgan fingerprint density at radius 2 is 1.90 bits per heavy atom. The minimum absolute atomic E-state index is 0.329. The smallest absolute Gasteiger partial charge is 0.241 e. The molecule has 0 fully saturated rings. The minimum Gasteiger partial charge on any atom is -0.484 e. The Balaban J connectivity index is 2.02. The fraction of sp³-hybridized carbons (Fsp3) is 0.174. The van der Waals surface area contributed by atoms with Crippen molar-refractivity contribution in [1.29, 1.82) is 0 Å². The molecular weight excluding hydrogens is 434 g/mol. The van der Waals surface area contributed by atoms with Crippen molar-refractivity contribution in [2.45, 2.75) is 20.5 Å². The Bertz CT molecular complexity index is 1060. The van der Waals surface area contributed by atoms with Crippen LogP contribution in [0.25, 0.3) is 17.0 Å². The molecule has 29 heavy (non-hydrogen) atoms. The molecule has 0 radical (unpaired) electrons. The number of ether oxygens (including phenoxy) is 2. The number of benzene rings is 2. The summed E-state index contributed by atoms with van der Waals surface area (Å²) in [6.45, 7) is 4.71. The molecule has 2 aromatic carbocycles. The Morgan fingerprint density at radius 1 is 1.14 bits per heavy atom. The van der Waals surface area contributed by atoms with Crippen molar-refractivity contribution in [1.82, 2.24) is 0 Å². The van der Waals surface area contributed by atoms with Crippen LogP contribution in [-0.2, 0) is 11.4 Å². The SMILES string of the molecule is CC(C)=CCOc1c(OCc2ccc(Br)cc2)c(/C=C/C(N)=O)cc2ccoc12. The van der Waals surface area contributed by atoms with Crippen LogP contribution in [0.5, 0.6) is 11.5 Å². The normalized spacial score (nSPS) is 11.0. The van der Waals surface area contributed by atoms with E-state index >= 15 is 0 Å². The van der Waals surface area contributed by atoms with Crippen molar-refractivity contribution in [2.75, 3.05) is 6.61 Å². The number of amides is 1. The van der Waals surface area contributed by atoms with Gasteiger partial charge >= 0.3 is 0 Å². The van der Waals surface area contributed by atoms with Crippen LogP contribution >= 0.6 is 15.9 Å². The second kappa shape index (κ2) is 9.47. The van der Waals surface area contributed by atoms with E-state index in [0.29, 0.717) is 35.9 Å². The predicted octanol–water partition coefficient (Wildman–Crippen LogP) is 5.62. The molecule has 0 saturated carbocycles. The third-order valence-corrected chi connectivity index (χ3v) is 4.65. The molecule has 0 bridgehead atoms. The highest BCUT2D eigenvalue weighted by molar-refractivity contribution is 9.10. The number of primary amides is 1. The maximum atomic E-state index is 11.3. The Kier molecular flexibility index (Phi) is 6.77. The van der Waals surface area contributed by atoms with Crippen molar-refractivity contribution < 1.29 is 18.7 Å². The Hall–Kier alpha value is -2.99. The van der Waals surface area contributed by atoms with Crippen LogP contribution in [0.1, 0.15) is 25.0 Å². The van der Waals surface area contributed by atoms with Crippen molar-refractivity contribution >= 4 is 38.9 Å². The third-order valence-electron chi connectivity index (χ3n) is 4.12. The second-order valence-electron chi connectivity index (χ2n) is 6.71. The monoisotopic (exact) mass is 455 g/mol. The number of hydrogen-bond acceptors (Lipinski definition) is 4. The number of carbonyl (C=O) groups excluding carboxylic acids is 1. The molecular formula is C23H22BrNO4. The molecule has 1 heterocycles. The van der Waals surface area contributed by atoms with Crippen LogP contribution in [0.2, 0.25) is 0 Å². The number of nitrogens with two attached hydrogens (primary N) is 1. The summed E-state index contributed by atoms with van der Waals surface area (Å²) in [7, 11) is 0. The lowest BCUT2D eigenvalue weighted by atomic mass is 10.1. The van der Waals surface area contributed by atoms with Gasteiger partial charge in [0.15, 0.2) is 11.3 Å². The number of hydrogen-bond donors (Lipinski definition) is 1. The average Bonchev–Trinajstić information content (AvgIpc) is 3.14. The lowest BCUT2D eigenvalue weighted by Gasteiger charge is -2.15. The molecule has 0 aliphatic heterocycles. The number of rotatable bonds is 8. The summed E-state index contributed by atoms with van der Waals surface area (Å²) < 4.78 is 18.8. The van der Waals surface area contributed by atoms with E-state index in [0.717, 1.165) is 21.0 Å². The third kappa shape index (κ3) is 5.51. The number of furan rings is 1. The van der Waals surface area contributed by atoms with Gasteiger partial charge in [-0.2, -0.15) is 0 Å². The first-order valence-corrected chi connectivity index (χ1v) is 9.88. The predicted molar refractivity (Wildman–Crippen MR) is 118 cm³/mol. The van der Waals surface area contributed by atoms with E-state index in [9.17, 15) is 4.79 Å². The highest BCUT2D eigenvalue weighted by Gasteiger charge is 2.18. The van der Waals surface area contributed by atoms with Crippen molar-refractivity contribution in [3.05, 3.63) is 76.0 Å². The first-order chi connectivity index (χ1) is 13.9. The topological polar surface area (TPSA) is 74.7 Å². The van der Waals surface area contributed by atoms with E-state index in [2.05, 4.69) is 15.9 Å². The van der Waals surface area contributed by atoms with Crippen LogP contribution in [0.15, 0.2) is 69.3 Å². The lowest BCUT2D eigenvalue weighted by Crippen LogP contribution is -2.06. The lowest BCUT2D eigenvalue weighted by molar-refractivity contribution is -0.113. The zero-order valence-corrected chi connectivity index (χ0v) is 17.9. The Labute approximate surface area is 177 Å². The van der Waals surface area contributed by atoms with E-state index in [1.165, 1.54) is 6.08 Å². The number of carbonyl (C=O) groups is 1. The maximum absolute atomic E-state index is 11.3. The molecule has 0 atom stereocenters. The summed E-state index contributed by atoms with van der Waals surface area (Å²) in [5.41, 5.74) is 8.69. The van der Waals surface area contributed by atoms with Gasteiger partial charge < -0.3 is 19.6 Å². The van der Waals surface area contributed by atoms with E-state index in [-0.39, 0.29) is 0 Å². The van der Waals surface area contributed by atoms with Gasteiger partial charge in [0.05, 0.1) is 6.26 Å². The summed E-state index contributed by atoms with van der Waals surface area (Å²) in [5.74, 6) is 0.449. The van der Waals surface area contributed by atoms with Gasteiger partial charge in [0.1, 0.15) is 13.2 Å². The van der Waals surface area contributed by atoms with E-state index < -0.39 is 5.91 Å². The van der Waals surface area contributed by atoms with Crippen LogP contribution in [0.3, 0.4) is 0 Å². The number of allylic oxidation sites excluding steroid dienone is 1. The van der Waals surface area contributed by atoms with Crippen molar-refractivity contribution in [3.8, 4) is 11.5 Å². The first-order valence-electron chi connectivity index (χ1n) is 9.09. The molecule has 0 spiro atoms. The molecule has 5 nitrogen and oxygen atoms in total. The van der Waals surface area contributed by atoms with Gasteiger partial charge in [0.25, 0.3) is 0 Å².